The van der Waals surface area contributed by atoms with Crippen LogP contribution >= 0.6 is 0 Å². The van der Waals surface area contributed by atoms with Crippen LogP contribution in [0.2, 0.25) is 0 Å². The van der Waals surface area contributed by atoms with E-state index in [1.54, 1.807) is 12.4 Å². The molecule has 0 saturated heterocycles. The summed E-state index contributed by atoms with van der Waals surface area (Å²) in [5, 5.41) is 20.1. The van der Waals surface area contributed by atoms with Gasteiger partial charge in [-0.1, -0.05) is 6.07 Å². The molecule has 5 nitrogen and oxygen atoms in total. The summed E-state index contributed by atoms with van der Waals surface area (Å²) in [5.41, 5.74) is 3.66. The van der Waals surface area contributed by atoms with Crippen molar-refractivity contribution in [1.29, 1.82) is 0 Å². The summed E-state index contributed by atoms with van der Waals surface area (Å²) >= 11 is 0. The average molecular weight is 390 g/mol. The van der Waals surface area contributed by atoms with Crippen LogP contribution in [0.1, 0.15) is 55.2 Å². The Hall–Kier alpha value is -2.69. The molecule has 0 aliphatic heterocycles. The Morgan fingerprint density at radius 2 is 1.66 bits per heavy atom. The molecule has 4 bridgehead atoms. The summed E-state index contributed by atoms with van der Waals surface area (Å²) in [6.07, 6.45) is 13.4. The summed E-state index contributed by atoms with van der Waals surface area (Å²) in [4.78, 5) is 19.5. The number of phenolic OH excluding ortho intramolecular Hbond substituents is 1. The molecular formula is C24H26N2O3. The van der Waals surface area contributed by atoms with Crippen molar-refractivity contribution >= 4 is 12.0 Å². The SMILES string of the molecule is Cc1ccc(-c2ncc(/C=C/C(=O)O)cn2)c(O)c1C12CC3CC(CC(C3)C1)C2. The highest BCUT2D eigenvalue weighted by molar-refractivity contribution is 5.85. The largest absolute Gasteiger partial charge is 0.507 e. The van der Waals surface area contributed by atoms with Gasteiger partial charge >= 0.3 is 5.97 Å². The quantitative estimate of drug-likeness (QED) is 0.738. The molecule has 5 heteroatoms. The molecule has 0 unspecified atom stereocenters. The van der Waals surface area contributed by atoms with Crippen molar-refractivity contribution in [3.63, 3.8) is 0 Å². The Morgan fingerprint density at radius 3 is 2.21 bits per heavy atom. The third-order valence-corrected chi connectivity index (χ3v) is 7.29. The molecule has 2 N–H and O–H groups in total. The Bertz CT molecular complexity index is 959. The minimum atomic E-state index is -1.01. The van der Waals surface area contributed by atoms with Crippen molar-refractivity contribution in [2.75, 3.05) is 0 Å². The molecule has 1 heterocycles. The first kappa shape index (κ1) is 18.3. The second-order valence-corrected chi connectivity index (χ2v) is 9.36. The van der Waals surface area contributed by atoms with E-state index in [4.69, 9.17) is 5.11 Å². The van der Waals surface area contributed by atoms with E-state index in [-0.39, 0.29) is 5.41 Å². The van der Waals surface area contributed by atoms with Crippen LogP contribution < -0.4 is 0 Å². The van der Waals surface area contributed by atoms with Crippen molar-refractivity contribution in [2.24, 2.45) is 17.8 Å². The molecule has 1 aromatic carbocycles. The second kappa shape index (κ2) is 6.68. The van der Waals surface area contributed by atoms with Gasteiger partial charge in [0.05, 0.1) is 5.56 Å². The standard InChI is InChI=1S/C24H26N2O3/c1-14-2-4-19(23-25-12-15(13-26-23)3-5-20(27)28)22(29)21(14)24-9-16-6-17(10-24)8-18(7-16)11-24/h2-5,12-13,16-18,29H,6-11H2,1H3,(H,27,28)/b5-3+. The number of benzene rings is 1. The smallest absolute Gasteiger partial charge is 0.328 e. The van der Waals surface area contributed by atoms with Crippen LogP contribution in [0.3, 0.4) is 0 Å². The number of aliphatic carboxylic acids is 1. The first-order chi connectivity index (χ1) is 13.9. The number of aromatic hydroxyl groups is 1. The summed E-state index contributed by atoms with van der Waals surface area (Å²) in [6.45, 7) is 2.11. The van der Waals surface area contributed by atoms with Crippen molar-refractivity contribution in [3.8, 4) is 17.1 Å². The summed E-state index contributed by atoms with van der Waals surface area (Å²) in [5.74, 6) is 2.22. The van der Waals surface area contributed by atoms with E-state index in [0.717, 1.165) is 35.0 Å². The maximum atomic E-state index is 11.4. The molecule has 29 heavy (non-hydrogen) atoms. The first-order valence-electron chi connectivity index (χ1n) is 10.5. The van der Waals surface area contributed by atoms with E-state index in [1.165, 1.54) is 44.6 Å². The van der Waals surface area contributed by atoms with E-state index in [0.29, 0.717) is 22.7 Å². The second-order valence-electron chi connectivity index (χ2n) is 9.36. The molecule has 4 aliphatic rings. The minimum Gasteiger partial charge on any atom is -0.507 e. The lowest BCUT2D eigenvalue weighted by atomic mass is 9.47. The summed E-state index contributed by atoms with van der Waals surface area (Å²) in [7, 11) is 0. The van der Waals surface area contributed by atoms with Gasteiger partial charge in [0.25, 0.3) is 0 Å². The molecule has 0 radical (unpaired) electrons. The molecule has 0 atom stereocenters. The van der Waals surface area contributed by atoms with Crippen molar-refractivity contribution in [3.05, 3.63) is 47.3 Å². The van der Waals surface area contributed by atoms with E-state index < -0.39 is 5.97 Å². The average Bonchev–Trinajstić information content (AvgIpc) is 2.66. The lowest BCUT2D eigenvalue weighted by molar-refractivity contribution is -0.131. The summed E-state index contributed by atoms with van der Waals surface area (Å²) in [6, 6.07) is 3.99. The molecule has 1 aromatic heterocycles. The molecule has 0 amide bonds. The fraction of sp³-hybridized carbons (Fsp3) is 0.458. The number of rotatable bonds is 4. The third kappa shape index (κ3) is 3.13. The third-order valence-electron chi connectivity index (χ3n) is 7.29. The zero-order valence-electron chi connectivity index (χ0n) is 16.6. The number of aromatic nitrogens is 2. The van der Waals surface area contributed by atoms with Crippen LogP contribution in [0.5, 0.6) is 5.75 Å². The van der Waals surface area contributed by atoms with Crippen molar-refractivity contribution in [2.45, 2.75) is 50.9 Å². The van der Waals surface area contributed by atoms with Crippen molar-refractivity contribution < 1.29 is 15.0 Å². The van der Waals surface area contributed by atoms with E-state index >= 15 is 0 Å². The lowest BCUT2D eigenvalue weighted by Crippen LogP contribution is -2.48. The number of carboxylic acid groups (broad SMARTS) is 1. The number of phenols is 1. The van der Waals surface area contributed by atoms with Crippen LogP contribution in [0.15, 0.2) is 30.6 Å². The normalized spacial score (nSPS) is 30.2. The van der Waals surface area contributed by atoms with Crippen LogP contribution in [-0.4, -0.2) is 26.2 Å². The van der Waals surface area contributed by atoms with Crippen LogP contribution in [0.25, 0.3) is 17.5 Å². The van der Waals surface area contributed by atoms with E-state index in [1.807, 2.05) is 6.07 Å². The molecule has 150 valence electrons. The molecule has 0 spiro atoms. The van der Waals surface area contributed by atoms with Crippen LogP contribution in [0, 0.1) is 24.7 Å². The Morgan fingerprint density at radius 1 is 1.07 bits per heavy atom. The zero-order valence-corrected chi connectivity index (χ0v) is 16.6. The van der Waals surface area contributed by atoms with Gasteiger partial charge in [-0.2, -0.15) is 0 Å². The molecule has 4 fully saturated rings. The molecule has 4 saturated carbocycles. The van der Waals surface area contributed by atoms with Gasteiger partial charge in [0, 0.05) is 35.0 Å². The van der Waals surface area contributed by atoms with E-state index in [9.17, 15) is 9.90 Å². The van der Waals surface area contributed by atoms with Gasteiger partial charge in [-0.3, -0.25) is 0 Å². The van der Waals surface area contributed by atoms with Gasteiger partial charge in [0.15, 0.2) is 5.82 Å². The lowest BCUT2D eigenvalue weighted by Gasteiger charge is -2.57. The van der Waals surface area contributed by atoms with Crippen LogP contribution in [0.4, 0.5) is 0 Å². The number of aryl methyl sites for hydroxylation is 1. The molecule has 2 aromatic rings. The highest BCUT2D eigenvalue weighted by Crippen LogP contribution is 2.62. The van der Waals surface area contributed by atoms with Gasteiger partial charge in [-0.05, 0) is 80.9 Å². The molecule has 6 rings (SSSR count). The van der Waals surface area contributed by atoms with Gasteiger partial charge in [-0.25, -0.2) is 14.8 Å². The topological polar surface area (TPSA) is 83.3 Å². The highest BCUT2D eigenvalue weighted by Gasteiger charge is 2.53. The Labute approximate surface area is 170 Å². The molecular weight excluding hydrogens is 364 g/mol. The summed E-state index contributed by atoms with van der Waals surface area (Å²) < 4.78 is 0. The first-order valence-corrected chi connectivity index (χ1v) is 10.5. The highest BCUT2D eigenvalue weighted by atomic mass is 16.4. The predicted octanol–water partition coefficient (Wildman–Crippen LogP) is 4.72. The zero-order chi connectivity index (χ0) is 20.2. The van der Waals surface area contributed by atoms with Gasteiger partial charge in [-0.15, -0.1) is 0 Å². The van der Waals surface area contributed by atoms with Crippen molar-refractivity contribution in [1.82, 2.24) is 9.97 Å². The monoisotopic (exact) mass is 390 g/mol. The van der Waals surface area contributed by atoms with Gasteiger partial charge < -0.3 is 10.2 Å². The Balaban J connectivity index is 1.53. The van der Waals surface area contributed by atoms with E-state index in [2.05, 4.69) is 23.0 Å². The maximum Gasteiger partial charge on any atom is 0.328 e. The fourth-order valence-electron chi connectivity index (χ4n) is 6.69. The van der Waals surface area contributed by atoms with Crippen LogP contribution in [-0.2, 0) is 10.2 Å². The Kier molecular flexibility index (Phi) is 4.23. The fourth-order valence-corrected chi connectivity index (χ4v) is 6.69. The number of carbonyl (C=O) groups is 1. The molecule has 4 aliphatic carbocycles. The number of hydrogen-bond acceptors (Lipinski definition) is 4. The maximum absolute atomic E-state index is 11.4. The number of hydrogen-bond donors (Lipinski definition) is 2. The minimum absolute atomic E-state index is 0.100. The predicted molar refractivity (Wildman–Crippen MR) is 110 cm³/mol. The van der Waals surface area contributed by atoms with Gasteiger partial charge in [0.1, 0.15) is 5.75 Å². The van der Waals surface area contributed by atoms with Gasteiger partial charge in [0.2, 0.25) is 0 Å². The number of nitrogens with zero attached hydrogens (tertiary/aromatic N) is 2. The number of carboxylic acids is 1.